The van der Waals surface area contributed by atoms with E-state index in [4.69, 9.17) is 5.73 Å². The van der Waals surface area contributed by atoms with Crippen molar-refractivity contribution >= 4 is 11.7 Å². The van der Waals surface area contributed by atoms with Gasteiger partial charge in [-0.15, -0.1) is 0 Å². The number of halogens is 1. The number of nitrogens with zero attached hydrogens (tertiary/aromatic N) is 1. The van der Waals surface area contributed by atoms with E-state index in [1.807, 2.05) is 0 Å². The standard InChI is InChI=1S/C11H14FN3O/c12-9-8(4-5-14-10(9)13)11(16)15-6-7-2-1-3-7/h4-5,7H,1-3,6H2,(H2,13,14)(H,15,16). The SMILES string of the molecule is Nc1nccc(C(=O)NCC2CCC2)c1F. The molecule has 1 amide bonds. The van der Waals surface area contributed by atoms with Crippen LogP contribution in [-0.2, 0) is 0 Å². The Kier molecular flexibility index (Phi) is 3.03. The van der Waals surface area contributed by atoms with Crippen molar-refractivity contribution in [2.45, 2.75) is 19.3 Å². The highest BCUT2D eigenvalue weighted by Gasteiger charge is 2.20. The smallest absolute Gasteiger partial charge is 0.254 e. The van der Waals surface area contributed by atoms with Crippen molar-refractivity contribution in [3.63, 3.8) is 0 Å². The molecule has 86 valence electrons. The molecule has 0 atom stereocenters. The van der Waals surface area contributed by atoms with Crippen molar-refractivity contribution in [2.24, 2.45) is 5.92 Å². The molecule has 1 saturated carbocycles. The van der Waals surface area contributed by atoms with Crippen LogP contribution in [0.25, 0.3) is 0 Å². The third-order valence-corrected chi connectivity index (χ3v) is 2.94. The number of anilines is 1. The van der Waals surface area contributed by atoms with Gasteiger partial charge in [0.05, 0.1) is 5.56 Å². The number of hydrogen-bond donors (Lipinski definition) is 2. The molecule has 1 aromatic rings. The molecule has 0 bridgehead atoms. The maximum Gasteiger partial charge on any atom is 0.254 e. The molecule has 16 heavy (non-hydrogen) atoms. The van der Waals surface area contributed by atoms with Gasteiger partial charge in [0.15, 0.2) is 11.6 Å². The van der Waals surface area contributed by atoms with Gasteiger partial charge in [-0.25, -0.2) is 9.37 Å². The zero-order chi connectivity index (χ0) is 11.5. The second-order valence-electron chi connectivity index (χ2n) is 4.06. The molecular formula is C11H14FN3O. The first-order chi connectivity index (χ1) is 7.68. The summed E-state index contributed by atoms with van der Waals surface area (Å²) in [6.45, 7) is 0.612. The summed E-state index contributed by atoms with van der Waals surface area (Å²) >= 11 is 0. The van der Waals surface area contributed by atoms with Crippen LogP contribution >= 0.6 is 0 Å². The summed E-state index contributed by atoms with van der Waals surface area (Å²) in [5.41, 5.74) is 5.25. The van der Waals surface area contributed by atoms with Crippen molar-refractivity contribution in [1.29, 1.82) is 0 Å². The first-order valence-electron chi connectivity index (χ1n) is 5.36. The van der Waals surface area contributed by atoms with Gasteiger partial charge in [-0.2, -0.15) is 0 Å². The van der Waals surface area contributed by atoms with E-state index in [2.05, 4.69) is 10.3 Å². The predicted octanol–water partition coefficient (Wildman–Crippen LogP) is 1.33. The first-order valence-corrected chi connectivity index (χ1v) is 5.36. The van der Waals surface area contributed by atoms with Gasteiger partial charge in [0.2, 0.25) is 0 Å². The Morgan fingerprint density at radius 3 is 3.00 bits per heavy atom. The predicted molar refractivity (Wildman–Crippen MR) is 58.3 cm³/mol. The molecule has 0 unspecified atom stereocenters. The van der Waals surface area contributed by atoms with Crippen molar-refractivity contribution < 1.29 is 9.18 Å². The van der Waals surface area contributed by atoms with Crippen LogP contribution in [-0.4, -0.2) is 17.4 Å². The van der Waals surface area contributed by atoms with E-state index < -0.39 is 11.7 Å². The summed E-state index contributed by atoms with van der Waals surface area (Å²) in [7, 11) is 0. The number of rotatable bonds is 3. The summed E-state index contributed by atoms with van der Waals surface area (Å²) in [5.74, 6) is -0.852. The molecule has 0 spiro atoms. The van der Waals surface area contributed by atoms with E-state index in [-0.39, 0.29) is 11.4 Å². The van der Waals surface area contributed by atoms with Crippen LogP contribution in [0.3, 0.4) is 0 Å². The van der Waals surface area contributed by atoms with E-state index in [9.17, 15) is 9.18 Å². The number of carbonyl (C=O) groups excluding carboxylic acids is 1. The van der Waals surface area contributed by atoms with Crippen molar-refractivity contribution in [2.75, 3.05) is 12.3 Å². The lowest BCUT2D eigenvalue weighted by molar-refractivity contribution is 0.0935. The molecule has 1 fully saturated rings. The minimum absolute atomic E-state index is 0.0353. The molecule has 4 nitrogen and oxygen atoms in total. The van der Waals surface area contributed by atoms with Crippen LogP contribution in [0.1, 0.15) is 29.6 Å². The van der Waals surface area contributed by atoms with E-state index >= 15 is 0 Å². The second kappa shape index (κ2) is 4.47. The summed E-state index contributed by atoms with van der Waals surface area (Å²) in [6.07, 6.45) is 4.83. The topological polar surface area (TPSA) is 68.0 Å². The largest absolute Gasteiger partial charge is 0.381 e. The monoisotopic (exact) mass is 223 g/mol. The Morgan fingerprint density at radius 2 is 2.38 bits per heavy atom. The molecule has 1 aliphatic rings. The average Bonchev–Trinajstić information content (AvgIpc) is 2.19. The average molecular weight is 223 g/mol. The molecule has 0 aliphatic heterocycles. The maximum atomic E-state index is 13.4. The zero-order valence-electron chi connectivity index (χ0n) is 8.87. The minimum Gasteiger partial charge on any atom is -0.381 e. The highest BCUT2D eigenvalue weighted by molar-refractivity contribution is 5.95. The third kappa shape index (κ3) is 2.13. The lowest BCUT2D eigenvalue weighted by atomic mass is 9.85. The van der Waals surface area contributed by atoms with Crippen molar-refractivity contribution in [3.05, 3.63) is 23.6 Å². The van der Waals surface area contributed by atoms with Crippen LogP contribution in [0, 0.1) is 11.7 Å². The van der Waals surface area contributed by atoms with Gasteiger partial charge >= 0.3 is 0 Å². The Bertz CT molecular complexity index is 404. The number of aromatic nitrogens is 1. The van der Waals surface area contributed by atoms with Gasteiger partial charge < -0.3 is 11.1 Å². The van der Waals surface area contributed by atoms with Crippen LogP contribution in [0.5, 0.6) is 0 Å². The molecule has 5 heteroatoms. The highest BCUT2D eigenvalue weighted by Crippen LogP contribution is 2.25. The van der Waals surface area contributed by atoms with E-state index in [0.29, 0.717) is 12.5 Å². The van der Waals surface area contributed by atoms with Gasteiger partial charge in [0, 0.05) is 12.7 Å². The molecule has 0 radical (unpaired) electrons. The van der Waals surface area contributed by atoms with Gasteiger partial charge in [-0.1, -0.05) is 6.42 Å². The lowest BCUT2D eigenvalue weighted by Gasteiger charge is -2.25. The van der Waals surface area contributed by atoms with E-state index in [1.165, 1.54) is 18.7 Å². The number of carbonyl (C=O) groups is 1. The summed E-state index contributed by atoms with van der Waals surface area (Å²) in [4.78, 5) is 15.2. The molecule has 2 rings (SSSR count). The van der Waals surface area contributed by atoms with Gasteiger partial charge in [0.25, 0.3) is 5.91 Å². The van der Waals surface area contributed by atoms with Crippen LogP contribution in [0.15, 0.2) is 12.3 Å². The normalized spacial score (nSPS) is 15.6. The molecular weight excluding hydrogens is 209 g/mol. The Hall–Kier alpha value is -1.65. The number of amides is 1. The van der Waals surface area contributed by atoms with Crippen LogP contribution in [0.4, 0.5) is 10.2 Å². The van der Waals surface area contributed by atoms with Crippen molar-refractivity contribution in [1.82, 2.24) is 10.3 Å². The minimum atomic E-state index is -0.742. The second-order valence-corrected chi connectivity index (χ2v) is 4.06. The number of hydrogen-bond acceptors (Lipinski definition) is 3. The molecule has 0 saturated heterocycles. The molecule has 1 aromatic heterocycles. The van der Waals surface area contributed by atoms with Gasteiger partial charge in [0.1, 0.15) is 0 Å². The van der Waals surface area contributed by atoms with Crippen molar-refractivity contribution in [3.8, 4) is 0 Å². The van der Waals surface area contributed by atoms with E-state index in [1.54, 1.807) is 0 Å². The lowest BCUT2D eigenvalue weighted by Crippen LogP contribution is -2.32. The number of nitrogen functional groups attached to an aromatic ring is 1. The number of nitrogens with one attached hydrogen (secondary N) is 1. The highest BCUT2D eigenvalue weighted by atomic mass is 19.1. The first kappa shape index (κ1) is 10.9. The van der Waals surface area contributed by atoms with Gasteiger partial charge in [-0.3, -0.25) is 4.79 Å². The molecule has 0 aromatic carbocycles. The number of nitrogens with two attached hydrogens (primary N) is 1. The summed E-state index contributed by atoms with van der Waals surface area (Å²) in [6, 6.07) is 1.34. The summed E-state index contributed by atoms with van der Waals surface area (Å²) in [5, 5.41) is 2.71. The fourth-order valence-corrected chi connectivity index (χ4v) is 1.66. The zero-order valence-corrected chi connectivity index (χ0v) is 8.87. The Balaban J connectivity index is 1.99. The Morgan fingerprint density at radius 1 is 1.62 bits per heavy atom. The summed E-state index contributed by atoms with van der Waals surface area (Å²) < 4.78 is 13.4. The fourth-order valence-electron chi connectivity index (χ4n) is 1.66. The van der Waals surface area contributed by atoms with Crippen LogP contribution in [0.2, 0.25) is 0 Å². The molecule has 1 aliphatic carbocycles. The quantitative estimate of drug-likeness (QED) is 0.812. The molecule has 3 N–H and O–H groups in total. The van der Waals surface area contributed by atoms with Gasteiger partial charge in [-0.05, 0) is 24.8 Å². The van der Waals surface area contributed by atoms with E-state index in [0.717, 1.165) is 12.8 Å². The van der Waals surface area contributed by atoms with Crippen LogP contribution < -0.4 is 11.1 Å². The Labute approximate surface area is 93.1 Å². The maximum absolute atomic E-state index is 13.4. The molecule has 1 heterocycles. The fraction of sp³-hybridized carbons (Fsp3) is 0.455. The number of pyridine rings is 1. The third-order valence-electron chi connectivity index (χ3n) is 2.94.